The molecule has 104 valence electrons. The van der Waals surface area contributed by atoms with E-state index in [9.17, 15) is 0 Å². The van der Waals surface area contributed by atoms with Gasteiger partial charge in [-0.1, -0.05) is 6.08 Å². The van der Waals surface area contributed by atoms with Crippen LogP contribution >= 0.6 is 0 Å². The summed E-state index contributed by atoms with van der Waals surface area (Å²) in [5, 5.41) is 6.65. The molecular formula is C14H23N5. The topological polar surface area (TPSA) is 53.1 Å². The van der Waals surface area contributed by atoms with E-state index in [-0.39, 0.29) is 5.54 Å². The fourth-order valence-electron chi connectivity index (χ4n) is 2.37. The second-order valence-corrected chi connectivity index (χ2v) is 5.47. The number of piperazine rings is 1. The van der Waals surface area contributed by atoms with Crippen LogP contribution in [-0.4, -0.2) is 41.7 Å². The highest BCUT2D eigenvalue weighted by molar-refractivity contribution is 5.51. The van der Waals surface area contributed by atoms with E-state index in [1.807, 2.05) is 19.1 Å². The van der Waals surface area contributed by atoms with Crippen molar-refractivity contribution in [2.24, 2.45) is 0 Å². The van der Waals surface area contributed by atoms with Gasteiger partial charge in [0.25, 0.3) is 0 Å². The zero-order valence-electron chi connectivity index (χ0n) is 12.0. The summed E-state index contributed by atoms with van der Waals surface area (Å²) in [6.45, 7) is 13.7. The Morgan fingerprint density at radius 2 is 2.32 bits per heavy atom. The number of hydrogen-bond acceptors (Lipinski definition) is 5. The second-order valence-electron chi connectivity index (χ2n) is 5.47. The van der Waals surface area contributed by atoms with Crippen LogP contribution in [-0.2, 0) is 0 Å². The lowest BCUT2D eigenvalue weighted by molar-refractivity contribution is 0.377. The molecule has 1 aromatic heterocycles. The summed E-state index contributed by atoms with van der Waals surface area (Å²) in [7, 11) is 0. The fraction of sp³-hybridized carbons (Fsp3) is 0.571. The van der Waals surface area contributed by atoms with Gasteiger partial charge in [0.15, 0.2) is 0 Å². The van der Waals surface area contributed by atoms with Crippen LogP contribution in [0.25, 0.3) is 0 Å². The maximum atomic E-state index is 4.58. The van der Waals surface area contributed by atoms with Crippen LogP contribution in [0.5, 0.6) is 0 Å². The summed E-state index contributed by atoms with van der Waals surface area (Å²) >= 11 is 0. The van der Waals surface area contributed by atoms with E-state index in [0.29, 0.717) is 6.54 Å². The minimum Gasteiger partial charge on any atom is -0.366 e. The summed E-state index contributed by atoms with van der Waals surface area (Å²) in [6.07, 6.45) is 1.83. The van der Waals surface area contributed by atoms with Gasteiger partial charge >= 0.3 is 0 Å². The van der Waals surface area contributed by atoms with Crippen LogP contribution < -0.4 is 15.5 Å². The lowest BCUT2D eigenvalue weighted by atomic mass is 10.0. The highest BCUT2D eigenvalue weighted by Crippen LogP contribution is 2.25. The predicted molar refractivity (Wildman–Crippen MR) is 79.8 cm³/mol. The van der Waals surface area contributed by atoms with E-state index in [0.717, 1.165) is 37.1 Å². The van der Waals surface area contributed by atoms with Crippen molar-refractivity contribution in [1.29, 1.82) is 0 Å². The second kappa shape index (κ2) is 5.57. The van der Waals surface area contributed by atoms with Gasteiger partial charge in [-0.3, -0.25) is 0 Å². The molecule has 0 unspecified atom stereocenters. The van der Waals surface area contributed by atoms with Crippen LogP contribution in [0.3, 0.4) is 0 Å². The Bertz CT molecular complexity index is 455. The highest BCUT2D eigenvalue weighted by atomic mass is 15.3. The molecule has 2 N–H and O–H groups in total. The Morgan fingerprint density at radius 1 is 1.53 bits per heavy atom. The number of anilines is 2. The average Bonchev–Trinajstić information content (AvgIpc) is 2.35. The summed E-state index contributed by atoms with van der Waals surface area (Å²) in [5.41, 5.74) is 0.0642. The highest BCUT2D eigenvalue weighted by Gasteiger charge is 2.30. The zero-order valence-corrected chi connectivity index (χ0v) is 12.0. The summed E-state index contributed by atoms with van der Waals surface area (Å²) in [5.74, 6) is 2.64. The average molecular weight is 261 g/mol. The molecule has 1 saturated heterocycles. The van der Waals surface area contributed by atoms with Crippen molar-refractivity contribution in [3.8, 4) is 0 Å². The Balaban J connectivity index is 2.27. The molecule has 1 aliphatic rings. The summed E-state index contributed by atoms with van der Waals surface area (Å²) in [6, 6.07) is 2.02. The van der Waals surface area contributed by atoms with Gasteiger partial charge < -0.3 is 15.5 Å². The molecule has 0 spiro atoms. The van der Waals surface area contributed by atoms with Crippen LogP contribution in [0.15, 0.2) is 18.7 Å². The summed E-state index contributed by atoms with van der Waals surface area (Å²) < 4.78 is 0. The molecule has 1 aromatic rings. The molecule has 1 fully saturated rings. The fourth-order valence-corrected chi connectivity index (χ4v) is 2.37. The van der Waals surface area contributed by atoms with Crippen LogP contribution in [0.1, 0.15) is 19.7 Å². The number of rotatable bonds is 4. The van der Waals surface area contributed by atoms with Crippen molar-refractivity contribution in [1.82, 2.24) is 15.3 Å². The molecule has 0 radical (unpaired) electrons. The Labute approximate surface area is 115 Å². The molecule has 0 atom stereocenters. The van der Waals surface area contributed by atoms with Crippen molar-refractivity contribution in [2.45, 2.75) is 26.3 Å². The van der Waals surface area contributed by atoms with Crippen molar-refractivity contribution in [3.63, 3.8) is 0 Å². The molecule has 1 aliphatic heterocycles. The minimum atomic E-state index is 0.0642. The van der Waals surface area contributed by atoms with E-state index < -0.39 is 0 Å². The minimum absolute atomic E-state index is 0.0642. The molecule has 5 nitrogen and oxygen atoms in total. The van der Waals surface area contributed by atoms with Gasteiger partial charge in [-0.05, 0) is 20.8 Å². The number of nitrogens with one attached hydrogen (secondary N) is 2. The maximum Gasteiger partial charge on any atom is 0.134 e. The largest absolute Gasteiger partial charge is 0.366 e. The molecule has 0 amide bonds. The molecule has 0 aliphatic carbocycles. The Kier molecular flexibility index (Phi) is 4.04. The number of hydrogen-bond donors (Lipinski definition) is 2. The van der Waals surface area contributed by atoms with Gasteiger partial charge in [0.1, 0.15) is 17.5 Å². The Hall–Kier alpha value is -1.62. The first-order chi connectivity index (χ1) is 9.03. The van der Waals surface area contributed by atoms with Crippen molar-refractivity contribution in [2.75, 3.05) is 36.4 Å². The third-order valence-corrected chi connectivity index (χ3v) is 3.33. The zero-order chi connectivity index (χ0) is 13.9. The van der Waals surface area contributed by atoms with Gasteiger partial charge in [0, 0.05) is 37.8 Å². The standard InChI is InChI=1S/C14H23N5/c1-5-6-16-12-9-13(18-11(2)17-12)19-8-7-15-10-14(19,3)4/h5,9,15H,1,6-8,10H2,2-4H3,(H,16,17,18). The number of aryl methyl sites for hydroxylation is 1. The lowest BCUT2D eigenvalue weighted by Gasteiger charge is -2.43. The molecular weight excluding hydrogens is 238 g/mol. The SMILES string of the molecule is C=CCNc1cc(N2CCNCC2(C)C)nc(C)n1. The monoisotopic (exact) mass is 261 g/mol. The van der Waals surface area contributed by atoms with E-state index in [1.165, 1.54) is 0 Å². The predicted octanol–water partition coefficient (Wildman–Crippen LogP) is 1.57. The first-order valence-corrected chi connectivity index (χ1v) is 6.72. The van der Waals surface area contributed by atoms with Gasteiger partial charge in [-0.25, -0.2) is 9.97 Å². The normalized spacial score (nSPS) is 18.2. The Morgan fingerprint density at radius 3 is 3.00 bits per heavy atom. The third kappa shape index (κ3) is 3.23. The molecule has 0 aromatic carbocycles. The van der Waals surface area contributed by atoms with Crippen LogP contribution in [0, 0.1) is 6.92 Å². The lowest BCUT2D eigenvalue weighted by Crippen LogP contribution is -2.58. The van der Waals surface area contributed by atoms with E-state index in [4.69, 9.17) is 0 Å². The van der Waals surface area contributed by atoms with Gasteiger partial charge in [0.2, 0.25) is 0 Å². The van der Waals surface area contributed by atoms with E-state index in [2.05, 4.69) is 45.9 Å². The van der Waals surface area contributed by atoms with Crippen molar-refractivity contribution >= 4 is 11.6 Å². The van der Waals surface area contributed by atoms with Gasteiger partial charge in [-0.15, -0.1) is 6.58 Å². The summed E-state index contributed by atoms with van der Waals surface area (Å²) in [4.78, 5) is 11.3. The molecule has 2 heterocycles. The van der Waals surface area contributed by atoms with Crippen LogP contribution in [0.4, 0.5) is 11.6 Å². The third-order valence-electron chi connectivity index (χ3n) is 3.33. The maximum absolute atomic E-state index is 4.58. The molecule has 19 heavy (non-hydrogen) atoms. The molecule has 0 bridgehead atoms. The number of nitrogens with zero attached hydrogens (tertiary/aromatic N) is 3. The van der Waals surface area contributed by atoms with E-state index in [1.54, 1.807) is 0 Å². The first kappa shape index (κ1) is 13.8. The van der Waals surface area contributed by atoms with Gasteiger partial charge in [0.05, 0.1) is 0 Å². The molecule has 0 saturated carbocycles. The first-order valence-electron chi connectivity index (χ1n) is 6.72. The molecule has 5 heteroatoms. The molecule has 2 rings (SSSR count). The van der Waals surface area contributed by atoms with E-state index >= 15 is 0 Å². The van der Waals surface area contributed by atoms with Gasteiger partial charge in [-0.2, -0.15) is 0 Å². The van der Waals surface area contributed by atoms with Crippen LogP contribution in [0.2, 0.25) is 0 Å². The van der Waals surface area contributed by atoms with Crippen molar-refractivity contribution in [3.05, 3.63) is 24.5 Å². The van der Waals surface area contributed by atoms with Crippen molar-refractivity contribution < 1.29 is 0 Å². The number of aromatic nitrogens is 2. The quantitative estimate of drug-likeness (QED) is 0.806. The smallest absolute Gasteiger partial charge is 0.134 e.